The minimum absolute atomic E-state index is 0.248. The van der Waals surface area contributed by atoms with Crippen LogP contribution in [0, 0.1) is 5.82 Å². The molecule has 0 aliphatic heterocycles. The second kappa shape index (κ2) is 5.65. The molecule has 0 saturated carbocycles. The Morgan fingerprint density at radius 3 is 1.95 bits per heavy atom. The summed E-state index contributed by atoms with van der Waals surface area (Å²) in [5, 5.41) is 0. The zero-order chi connectivity index (χ0) is 13.8. The number of amides is 1. The van der Waals surface area contributed by atoms with Crippen LogP contribution >= 0.6 is 0 Å². The summed E-state index contributed by atoms with van der Waals surface area (Å²) >= 11 is 0. The molecule has 2 aromatic rings. The Balaban J connectivity index is 2.27. The molecule has 2 aromatic carbocycles. The minimum Gasteiger partial charge on any atom is -0.369 e. The first-order valence-corrected chi connectivity index (χ1v) is 6.27. The molecule has 0 heterocycles. The van der Waals surface area contributed by atoms with Gasteiger partial charge >= 0.3 is 0 Å². The number of halogens is 1. The Morgan fingerprint density at radius 2 is 1.53 bits per heavy atom. The molecule has 0 aliphatic carbocycles. The SMILES string of the molecule is CCC(C(N)=O)c1ccc(-c2ccc(F)cc2)cc1. The normalized spacial score (nSPS) is 12.1. The Labute approximate surface area is 112 Å². The Morgan fingerprint density at radius 1 is 1.05 bits per heavy atom. The van der Waals surface area contributed by atoms with Gasteiger partial charge in [0.05, 0.1) is 5.92 Å². The van der Waals surface area contributed by atoms with Gasteiger partial charge in [0.15, 0.2) is 0 Å². The highest BCUT2D eigenvalue weighted by atomic mass is 19.1. The number of carbonyl (C=O) groups is 1. The first-order valence-electron chi connectivity index (χ1n) is 6.27. The van der Waals surface area contributed by atoms with Crippen LogP contribution in [0.1, 0.15) is 24.8 Å². The average molecular weight is 257 g/mol. The first kappa shape index (κ1) is 13.3. The molecular weight excluding hydrogens is 241 g/mol. The van der Waals surface area contributed by atoms with Crippen molar-refractivity contribution in [2.75, 3.05) is 0 Å². The van der Waals surface area contributed by atoms with Crippen LogP contribution in [0.15, 0.2) is 48.5 Å². The lowest BCUT2D eigenvalue weighted by atomic mass is 9.94. The van der Waals surface area contributed by atoms with Crippen molar-refractivity contribution in [3.63, 3.8) is 0 Å². The second-order valence-corrected chi connectivity index (χ2v) is 4.49. The number of nitrogens with two attached hydrogens (primary N) is 1. The number of hydrogen-bond acceptors (Lipinski definition) is 1. The third-order valence-corrected chi connectivity index (χ3v) is 3.24. The van der Waals surface area contributed by atoms with Crippen molar-refractivity contribution >= 4 is 5.91 Å². The predicted octanol–water partition coefficient (Wildman–Crippen LogP) is 3.47. The lowest BCUT2D eigenvalue weighted by molar-refractivity contribution is -0.119. The molecule has 0 saturated heterocycles. The fourth-order valence-electron chi connectivity index (χ4n) is 2.15. The van der Waals surface area contributed by atoms with E-state index in [4.69, 9.17) is 5.73 Å². The van der Waals surface area contributed by atoms with Gasteiger partial charge in [-0.05, 0) is 35.2 Å². The van der Waals surface area contributed by atoms with Crippen molar-refractivity contribution in [1.29, 1.82) is 0 Å². The largest absolute Gasteiger partial charge is 0.369 e. The van der Waals surface area contributed by atoms with E-state index in [1.165, 1.54) is 12.1 Å². The summed E-state index contributed by atoms with van der Waals surface area (Å²) in [7, 11) is 0. The minimum atomic E-state index is -0.308. The highest BCUT2D eigenvalue weighted by Gasteiger charge is 2.15. The van der Waals surface area contributed by atoms with E-state index >= 15 is 0 Å². The number of benzene rings is 2. The van der Waals surface area contributed by atoms with Crippen LogP contribution in [-0.4, -0.2) is 5.91 Å². The van der Waals surface area contributed by atoms with Crippen molar-refractivity contribution in [2.24, 2.45) is 5.73 Å². The zero-order valence-electron chi connectivity index (χ0n) is 10.8. The maximum atomic E-state index is 12.9. The molecule has 19 heavy (non-hydrogen) atoms. The van der Waals surface area contributed by atoms with Crippen LogP contribution in [0.3, 0.4) is 0 Å². The van der Waals surface area contributed by atoms with Crippen molar-refractivity contribution in [2.45, 2.75) is 19.3 Å². The standard InChI is InChI=1S/C16H16FNO/c1-2-15(16(18)19)13-5-3-11(4-6-13)12-7-9-14(17)10-8-12/h3-10,15H,2H2,1H3,(H2,18,19). The molecule has 3 heteroatoms. The monoisotopic (exact) mass is 257 g/mol. The quantitative estimate of drug-likeness (QED) is 0.895. The van der Waals surface area contributed by atoms with Crippen LogP contribution in [0.2, 0.25) is 0 Å². The molecule has 0 aromatic heterocycles. The number of hydrogen-bond donors (Lipinski definition) is 1. The summed E-state index contributed by atoms with van der Waals surface area (Å²) in [6.45, 7) is 1.93. The highest BCUT2D eigenvalue weighted by Crippen LogP contribution is 2.24. The van der Waals surface area contributed by atoms with Crippen LogP contribution in [0.5, 0.6) is 0 Å². The van der Waals surface area contributed by atoms with Crippen molar-refractivity contribution in [3.8, 4) is 11.1 Å². The average Bonchev–Trinajstić information content (AvgIpc) is 2.41. The van der Waals surface area contributed by atoms with E-state index in [9.17, 15) is 9.18 Å². The van der Waals surface area contributed by atoms with Gasteiger partial charge in [-0.2, -0.15) is 0 Å². The van der Waals surface area contributed by atoms with E-state index in [0.29, 0.717) is 6.42 Å². The van der Waals surface area contributed by atoms with E-state index in [-0.39, 0.29) is 17.6 Å². The van der Waals surface area contributed by atoms with Gasteiger partial charge in [0.2, 0.25) is 5.91 Å². The van der Waals surface area contributed by atoms with Gasteiger partial charge in [-0.15, -0.1) is 0 Å². The Kier molecular flexibility index (Phi) is 3.95. The lowest BCUT2D eigenvalue weighted by Gasteiger charge is -2.11. The van der Waals surface area contributed by atoms with Gasteiger partial charge in [0.1, 0.15) is 5.82 Å². The van der Waals surface area contributed by atoms with Crippen LogP contribution in [-0.2, 0) is 4.79 Å². The van der Waals surface area contributed by atoms with Crippen molar-refractivity contribution < 1.29 is 9.18 Å². The number of primary amides is 1. The van der Waals surface area contributed by atoms with Gasteiger partial charge in [-0.3, -0.25) is 4.79 Å². The first-order chi connectivity index (χ1) is 9.11. The van der Waals surface area contributed by atoms with Gasteiger partial charge in [-0.1, -0.05) is 43.3 Å². The number of rotatable bonds is 4. The third kappa shape index (κ3) is 2.99. The van der Waals surface area contributed by atoms with Crippen molar-refractivity contribution in [3.05, 3.63) is 59.9 Å². The van der Waals surface area contributed by atoms with Crippen LogP contribution in [0.4, 0.5) is 4.39 Å². The zero-order valence-corrected chi connectivity index (χ0v) is 10.8. The summed E-state index contributed by atoms with van der Waals surface area (Å²) in [5.41, 5.74) is 8.22. The molecule has 98 valence electrons. The van der Waals surface area contributed by atoms with E-state index in [1.54, 1.807) is 12.1 Å². The smallest absolute Gasteiger partial charge is 0.224 e. The molecule has 1 atom stereocenters. The molecule has 0 fully saturated rings. The molecule has 0 spiro atoms. The molecule has 2 N–H and O–H groups in total. The summed E-state index contributed by atoms with van der Waals surface area (Å²) in [4.78, 5) is 11.3. The maximum Gasteiger partial charge on any atom is 0.224 e. The molecule has 2 rings (SSSR count). The van der Waals surface area contributed by atoms with Gasteiger partial charge in [0, 0.05) is 0 Å². The molecule has 1 amide bonds. The van der Waals surface area contributed by atoms with E-state index in [1.807, 2.05) is 31.2 Å². The predicted molar refractivity (Wildman–Crippen MR) is 74.1 cm³/mol. The second-order valence-electron chi connectivity index (χ2n) is 4.49. The lowest BCUT2D eigenvalue weighted by Crippen LogP contribution is -2.20. The van der Waals surface area contributed by atoms with E-state index in [0.717, 1.165) is 16.7 Å². The fraction of sp³-hybridized carbons (Fsp3) is 0.188. The highest BCUT2D eigenvalue weighted by molar-refractivity contribution is 5.82. The van der Waals surface area contributed by atoms with Crippen molar-refractivity contribution in [1.82, 2.24) is 0 Å². The summed E-state index contributed by atoms with van der Waals surface area (Å²) < 4.78 is 12.9. The fourth-order valence-corrected chi connectivity index (χ4v) is 2.15. The van der Waals surface area contributed by atoms with E-state index in [2.05, 4.69) is 0 Å². The van der Waals surface area contributed by atoms with Gasteiger partial charge in [0.25, 0.3) is 0 Å². The van der Waals surface area contributed by atoms with Crippen LogP contribution in [0.25, 0.3) is 11.1 Å². The molecule has 2 nitrogen and oxygen atoms in total. The van der Waals surface area contributed by atoms with E-state index < -0.39 is 0 Å². The Bertz CT molecular complexity index is 560. The summed E-state index contributed by atoms with van der Waals surface area (Å²) in [6.07, 6.45) is 0.686. The van der Waals surface area contributed by atoms with Gasteiger partial charge in [-0.25, -0.2) is 4.39 Å². The summed E-state index contributed by atoms with van der Waals surface area (Å²) in [6, 6.07) is 14.0. The molecule has 0 bridgehead atoms. The molecule has 1 unspecified atom stereocenters. The molecule has 0 radical (unpaired) electrons. The Hall–Kier alpha value is -2.16. The summed E-state index contributed by atoms with van der Waals surface area (Å²) in [5.74, 6) is -0.806. The topological polar surface area (TPSA) is 43.1 Å². The third-order valence-electron chi connectivity index (χ3n) is 3.24. The maximum absolute atomic E-state index is 12.9. The molecule has 0 aliphatic rings. The molecular formula is C16H16FNO. The number of carbonyl (C=O) groups excluding carboxylic acids is 1. The van der Waals surface area contributed by atoms with Crippen LogP contribution < -0.4 is 5.73 Å². The van der Waals surface area contributed by atoms with Gasteiger partial charge < -0.3 is 5.73 Å².